The highest BCUT2D eigenvalue weighted by Crippen LogP contribution is 2.10. The van der Waals surface area contributed by atoms with Gasteiger partial charge in [0.15, 0.2) is 6.61 Å². The Kier molecular flexibility index (Phi) is 7.56. The van der Waals surface area contributed by atoms with Crippen molar-refractivity contribution in [2.45, 2.75) is 6.54 Å². The van der Waals surface area contributed by atoms with Gasteiger partial charge in [-0.1, -0.05) is 15.9 Å². The lowest BCUT2D eigenvalue weighted by Crippen LogP contribution is -2.41. The third kappa shape index (κ3) is 7.32. The predicted octanol–water partition coefficient (Wildman–Crippen LogP) is 1.34. The molecule has 1 heterocycles. The number of halogens is 1. The van der Waals surface area contributed by atoms with Crippen LogP contribution in [0.25, 0.3) is 0 Å². The van der Waals surface area contributed by atoms with E-state index in [4.69, 9.17) is 4.42 Å². The van der Waals surface area contributed by atoms with Crippen LogP contribution in [0.1, 0.15) is 16.1 Å². The second kappa shape index (κ2) is 10.1. The highest BCUT2D eigenvalue weighted by molar-refractivity contribution is 9.10. The molecule has 9 nitrogen and oxygen atoms in total. The molecule has 4 amide bonds. The van der Waals surface area contributed by atoms with Gasteiger partial charge in [-0.05, 0) is 36.4 Å². The topological polar surface area (TPSA) is 127 Å². The molecule has 0 radical (unpaired) electrons. The van der Waals surface area contributed by atoms with Crippen LogP contribution in [-0.4, -0.2) is 37.0 Å². The lowest BCUT2D eigenvalue weighted by Gasteiger charge is -2.07. The number of carbonyl (C=O) groups excluding carboxylic acids is 4. The minimum atomic E-state index is -0.813. The first kappa shape index (κ1) is 20.2. The van der Waals surface area contributed by atoms with Crippen LogP contribution in [0.3, 0.4) is 0 Å². The van der Waals surface area contributed by atoms with Gasteiger partial charge >= 0.3 is 12.0 Å². The molecular weight excluding hydrogens is 422 g/mol. The van der Waals surface area contributed by atoms with Crippen LogP contribution >= 0.6 is 15.9 Å². The summed E-state index contributed by atoms with van der Waals surface area (Å²) in [5.41, 5.74) is 0.372. The van der Waals surface area contributed by atoms with Crippen molar-refractivity contribution in [1.82, 2.24) is 16.0 Å². The van der Waals surface area contributed by atoms with Crippen molar-refractivity contribution < 1.29 is 28.3 Å². The largest absolute Gasteiger partial charge is 0.467 e. The van der Waals surface area contributed by atoms with Crippen LogP contribution < -0.4 is 16.0 Å². The second-order valence-corrected chi connectivity index (χ2v) is 6.08. The van der Waals surface area contributed by atoms with Gasteiger partial charge in [0, 0.05) is 10.0 Å². The number of furan rings is 1. The molecule has 0 bridgehead atoms. The average Bonchev–Trinajstić information content (AvgIpc) is 3.17. The summed E-state index contributed by atoms with van der Waals surface area (Å²) in [5, 5.41) is 6.76. The van der Waals surface area contributed by atoms with E-state index in [0.717, 1.165) is 4.47 Å². The number of ether oxygens (including phenoxy) is 1. The number of amides is 4. The quantitative estimate of drug-likeness (QED) is 0.560. The van der Waals surface area contributed by atoms with E-state index in [0.29, 0.717) is 11.3 Å². The molecule has 2 rings (SSSR count). The number of nitrogens with one attached hydrogen (secondary N) is 3. The first-order valence-electron chi connectivity index (χ1n) is 7.73. The van der Waals surface area contributed by atoms with Gasteiger partial charge in [0.25, 0.3) is 11.8 Å². The van der Waals surface area contributed by atoms with Crippen molar-refractivity contribution >= 4 is 39.7 Å². The van der Waals surface area contributed by atoms with Crippen LogP contribution in [0.15, 0.2) is 51.6 Å². The molecule has 0 unspecified atom stereocenters. The highest BCUT2D eigenvalue weighted by atomic mass is 79.9. The molecule has 1 aromatic heterocycles. The van der Waals surface area contributed by atoms with Gasteiger partial charge in [0.1, 0.15) is 12.3 Å². The van der Waals surface area contributed by atoms with E-state index in [1.807, 2.05) is 5.32 Å². The maximum absolute atomic E-state index is 11.8. The molecule has 0 aliphatic carbocycles. The van der Waals surface area contributed by atoms with E-state index in [-0.39, 0.29) is 6.54 Å². The molecule has 0 spiro atoms. The molecule has 27 heavy (non-hydrogen) atoms. The molecule has 0 saturated carbocycles. The summed E-state index contributed by atoms with van der Waals surface area (Å²) in [7, 11) is 0. The second-order valence-electron chi connectivity index (χ2n) is 5.16. The Morgan fingerprint density at radius 2 is 1.78 bits per heavy atom. The summed E-state index contributed by atoms with van der Waals surface area (Å²) in [5.74, 6) is -1.56. The summed E-state index contributed by atoms with van der Waals surface area (Å²) in [6.07, 6.45) is 1.45. The number of carbonyl (C=O) groups is 4. The van der Waals surface area contributed by atoms with Crippen molar-refractivity contribution in [3.8, 4) is 0 Å². The fourth-order valence-corrected chi connectivity index (χ4v) is 2.10. The molecule has 0 aliphatic heterocycles. The normalized spacial score (nSPS) is 9.96. The molecule has 2 aromatic rings. The number of imide groups is 1. The predicted molar refractivity (Wildman–Crippen MR) is 96.5 cm³/mol. The SMILES string of the molecule is O=C(COC(=O)CNC(=O)c1ccc(Br)cc1)NC(=O)NCc1ccco1. The van der Waals surface area contributed by atoms with Crippen LogP contribution in [0.2, 0.25) is 0 Å². The molecule has 0 atom stereocenters. The van der Waals surface area contributed by atoms with Crippen LogP contribution in [0.5, 0.6) is 0 Å². The molecule has 3 N–H and O–H groups in total. The lowest BCUT2D eigenvalue weighted by molar-refractivity contribution is -0.147. The third-order valence-corrected chi connectivity index (χ3v) is 3.65. The first-order chi connectivity index (χ1) is 12.9. The van der Waals surface area contributed by atoms with E-state index in [2.05, 4.69) is 31.3 Å². The van der Waals surface area contributed by atoms with Crippen molar-refractivity contribution in [2.75, 3.05) is 13.2 Å². The standard InChI is InChI=1S/C17H16BrN3O6/c18-12-5-3-11(4-6-12)16(24)19-9-15(23)27-10-14(22)21-17(25)20-8-13-2-1-7-26-13/h1-7H,8-10H2,(H,19,24)(H2,20,21,22,25). The van der Waals surface area contributed by atoms with Gasteiger partial charge in [-0.15, -0.1) is 0 Å². The minimum Gasteiger partial charge on any atom is -0.467 e. The summed E-state index contributed by atoms with van der Waals surface area (Å²) in [6.45, 7) is -0.956. The molecule has 10 heteroatoms. The van der Waals surface area contributed by atoms with Gasteiger partial charge in [0.05, 0.1) is 12.8 Å². The molecular formula is C17H16BrN3O6. The van der Waals surface area contributed by atoms with Gasteiger partial charge in [-0.2, -0.15) is 0 Å². The Morgan fingerprint density at radius 3 is 2.44 bits per heavy atom. The maximum atomic E-state index is 11.8. The number of hydrogen-bond donors (Lipinski definition) is 3. The summed E-state index contributed by atoms with van der Waals surface area (Å²) in [6, 6.07) is 9.11. The van der Waals surface area contributed by atoms with Crippen molar-refractivity contribution in [3.05, 3.63) is 58.5 Å². The first-order valence-corrected chi connectivity index (χ1v) is 8.53. The Morgan fingerprint density at radius 1 is 1.04 bits per heavy atom. The fourth-order valence-electron chi connectivity index (χ4n) is 1.84. The van der Waals surface area contributed by atoms with E-state index in [1.54, 1.807) is 36.4 Å². The number of hydrogen-bond acceptors (Lipinski definition) is 6. The zero-order valence-corrected chi connectivity index (χ0v) is 15.6. The fraction of sp³-hybridized carbons (Fsp3) is 0.176. The van der Waals surface area contributed by atoms with Crippen molar-refractivity contribution in [2.24, 2.45) is 0 Å². The van der Waals surface area contributed by atoms with E-state index in [1.165, 1.54) is 6.26 Å². The van der Waals surface area contributed by atoms with Crippen LogP contribution in [-0.2, 0) is 20.9 Å². The summed E-state index contributed by atoms with van der Waals surface area (Å²) in [4.78, 5) is 46.5. The van der Waals surface area contributed by atoms with Crippen molar-refractivity contribution in [3.63, 3.8) is 0 Å². The molecule has 1 aromatic carbocycles. The molecule has 0 saturated heterocycles. The number of esters is 1. The molecule has 0 aliphatic rings. The van der Waals surface area contributed by atoms with Gasteiger partial charge in [-0.3, -0.25) is 19.7 Å². The van der Waals surface area contributed by atoms with Crippen molar-refractivity contribution in [1.29, 1.82) is 0 Å². The number of urea groups is 1. The molecule has 142 valence electrons. The number of benzene rings is 1. The summed E-state index contributed by atoms with van der Waals surface area (Å²) >= 11 is 3.25. The summed E-state index contributed by atoms with van der Waals surface area (Å²) < 4.78 is 10.5. The van der Waals surface area contributed by atoms with Gasteiger partial charge < -0.3 is 19.8 Å². The van der Waals surface area contributed by atoms with E-state index < -0.39 is 37.0 Å². The number of rotatable bonds is 7. The smallest absolute Gasteiger partial charge is 0.325 e. The van der Waals surface area contributed by atoms with Gasteiger partial charge in [0.2, 0.25) is 0 Å². The Balaban J connectivity index is 1.62. The lowest BCUT2D eigenvalue weighted by atomic mass is 10.2. The van der Waals surface area contributed by atoms with Gasteiger partial charge in [-0.25, -0.2) is 4.79 Å². The van der Waals surface area contributed by atoms with Crippen LogP contribution in [0.4, 0.5) is 4.79 Å². The average molecular weight is 438 g/mol. The highest BCUT2D eigenvalue weighted by Gasteiger charge is 2.12. The van der Waals surface area contributed by atoms with E-state index >= 15 is 0 Å². The van der Waals surface area contributed by atoms with Crippen LogP contribution in [0, 0.1) is 0 Å². The Labute approximate surface area is 162 Å². The third-order valence-electron chi connectivity index (χ3n) is 3.12. The zero-order chi connectivity index (χ0) is 19.6. The minimum absolute atomic E-state index is 0.105. The Hall–Kier alpha value is -3.14. The maximum Gasteiger partial charge on any atom is 0.325 e. The monoisotopic (exact) mass is 437 g/mol. The molecule has 0 fully saturated rings. The Bertz CT molecular complexity index is 805. The van der Waals surface area contributed by atoms with E-state index in [9.17, 15) is 19.2 Å². The zero-order valence-electron chi connectivity index (χ0n) is 14.0.